The van der Waals surface area contributed by atoms with Gasteiger partial charge in [-0.3, -0.25) is 9.69 Å². The van der Waals surface area contributed by atoms with Crippen molar-refractivity contribution in [3.8, 4) is 0 Å². The van der Waals surface area contributed by atoms with E-state index >= 15 is 0 Å². The number of amides is 1. The monoisotopic (exact) mass is 414 g/mol. The Morgan fingerprint density at radius 1 is 1.07 bits per heavy atom. The van der Waals surface area contributed by atoms with Crippen LogP contribution >= 0.6 is 22.9 Å². The minimum Gasteiger partial charge on any atom is -0.320 e. The van der Waals surface area contributed by atoms with Crippen LogP contribution in [0, 0.1) is 0 Å². The second-order valence-electron chi connectivity index (χ2n) is 7.03. The zero-order valence-corrected chi connectivity index (χ0v) is 17.7. The van der Waals surface area contributed by atoms with Crippen LogP contribution in [-0.4, -0.2) is 28.1 Å². The second kappa shape index (κ2) is 9.28. The number of hydrogen-bond acceptors (Lipinski definition) is 5. The van der Waals surface area contributed by atoms with E-state index < -0.39 is 0 Å². The smallest absolute Gasteiger partial charge is 0.286 e. The predicted octanol–water partition coefficient (Wildman–Crippen LogP) is 5.20. The van der Waals surface area contributed by atoms with Gasteiger partial charge in [-0.25, -0.2) is 0 Å². The molecule has 0 radical (unpaired) electrons. The topological polar surface area (TPSA) is 58.1 Å². The number of carbonyl (C=O) groups excluding carboxylic acids is 1. The van der Waals surface area contributed by atoms with E-state index in [1.54, 1.807) is 24.3 Å². The largest absolute Gasteiger partial charge is 0.320 e. The van der Waals surface area contributed by atoms with E-state index in [4.69, 9.17) is 11.6 Å². The van der Waals surface area contributed by atoms with Gasteiger partial charge in [0.05, 0.1) is 6.54 Å². The first-order chi connectivity index (χ1) is 13.4. The summed E-state index contributed by atoms with van der Waals surface area (Å²) in [6.07, 6.45) is 0. The Morgan fingerprint density at radius 2 is 1.75 bits per heavy atom. The molecular formula is C21H23ClN4OS. The molecule has 0 fully saturated rings. The molecule has 146 valence electrons. The van der Waals surface area contributed by atoms with Crippen molar-refractivity contribution in [1.29, 1.82) is 0 Å². The van der Waals surface area contributed by atoms with Crippen molar-refractivity contribution in [2.75, 3.05) is 12.4 Å². The van der Waals surface area contributed by atoms with E-state index in [1.165, 1.54) is 22.5 Å². The average Bonchev–Trinajstić information content (AvgIpc) is 3.12. The molecule has 28 heavy (non-hydrogen) atoms. The zero-order chi connectivity index (χ0) is 20.1. The van der Waals surface area contributed by atoms with Gasteiger partial charge >= 0.3 is 0 Å². The maximum absolute atomic E-state index is 12.3. The summed E-state index contributed by atoms with van der Waals surface area (Å²) < 4.78 is 0. The minimum atomic E-state index is -0.266. The van der Waals surface area contributed by atoms with Crippen LogP contribution in [0.3, 0.4) is 0 Å². The normalized spacial score (nSPS) is 11.2. The fourth-order valence-corrected chi connectivity index (χ4v) is 3.67. The SMILES string of the molecule is CC(C)c1ccc(CN(C)Cc2nnc(C(=O)Nc3ccc(Cl)cc3)s2)cc1. The summed E-state index contributed by atoms with van der Waals surface area (Å²) in [5.74, 6) is 0.267. The van der Waals surface area contributed by atoms with Gasteiger partial charge in [-0.2, -0.15) is 0 Å². The van der Waals surface area contributed by atoms with Crippen LogP contribution in [0.25, 0.3) is 0 Å². The molecular weight excluding hydrogens is 392 g/mol. The van der Waals surface area contributed by atoms with Gasteiger partial charge < -0.3 is 5.32 Å². The number of anilines is 1. The van der Waals surface area contributed by atoms with Gasteiger partial charge in [0.15, 0.2) is 0 Å². The molecule has 0 aliphatic rings. The van der Waals surface area contributed by atoms with Crippen LogP contribution in [0.15, 0.2) is 48.5 Å². The Kier molecular flexibility index (Phi) is 6.78. The quantitative estimate of drug-likeness (QED) is 0.577. The summed E-state index contributed by atoms with van der Waals surface area (Å²) in [6.45, 7) is 5.83. The summed E-state index contributed by atoms with van der Waals surface area (Å²) in [6, 6.07) is 15.6. The van der Waals surface area contributed by atoms with Crippen molar-refractivity contribution in [2.24, 2.45) is 0 Å². The molecule has 1 aromatic heterocycles. The standard InChI is InChI=1S/C21H23ClN4OS/c1-14(2)16-6-4-15(5-7-16)12-26(3)13-19-24-25-21(28-19)20(27)23-18-10-8-17(22)9-11-18/h4-11,14H,12-13H2,1-3H3,(H,23,27). The van der Waals surface area contributed by atoms with Crippen molar-refractivity contribution in [1.82, 2.24) is 15.1 Å². The summed E-state index contributed by atoms with van der Waals surface area (Å²) in [7, 11) is 2.03. The molecule has 3 rings (SSSR count). The molecule has 7 heteroatoms. The number of benzene rings is 2. The van der Waals surface area contributed by atoms with E-state index in [1.807, 2.05) is 7.05 Å². The van der Waals surface area contributed by atoms with Crippen LogP contribution in [0.2, 0.25) is 5.02 Å². The maximum Gasteiger partial charge on any atom is 0.286 e. The van der Waals surface area contributed by atoms with Gasteiger partial charge in [-0.05, 0) is 48.4 Å². The van der Waals surface area contributed by atoms with E-state index in [9.17, 15) is 4.79 Å². The van der Waals surface area contributed by atoms with Crippen molar-refractivity contribution in [3.63, 3.8) is 0 Å². The minimum absolute atomic E-state index is 0.266. The van der Waals surface area contributed by atoms with Crippen molar-refractivity contribution in [2.45, 2.75) is 32.9 Å². The summed E-state index contributed by atoms with van der Waals surface area (Å²) >= 11 is 7.17. The highest BCUT2D eigenvalue weighted by atomic mass is 35.5. The lowest BCUT2D eigenvalue weighted by molar-refractivity contribution is 0.102. The van der Waals surface area contributed by atoms with E-state index in [2.05, 4.69) is 58.5 Å². The summed E-state index contributed by atoms with van der Waals surface area (Å²) in [5.41, 5.74) is 3.26. The van der Waals surface area contributed by atoms with Crippen molar-refractivity contribution < 1.29 is 4.79 Å². The molecule has 0 aliphatic carbocycles. The van der Waals surface area contributed by atoms with Crippen molar-refractivity contribution >= 4 is 34.5 Å². The highest BCUT2D eigenvalue weighted by Gasteiger charge is 2.14. The fraction of sp³-hybridized carbons (Fsp3) is 0.286. The molecule has 1 amide bonds. The van der Waals surface area contributed by atoms with E-state index in [0.29, 0.717) is 28.2 Å². The van der Waals surface area contributed by atoms with Crippen LogP contribution < -0.4 is 5.32 Å². The van der Waals surface area contributed by atoms with Crippen molar-refractivity contribution in [3.05, 3.63) is 74.7 Å². The molecule has 0 aliphatic heterocycles. The van der Waals surface area contributed by atoms with Gasteiger partial charge in [0, 0.05) is 17.3 Å². The Balaban J connectivity index is 1.55. The van der Waals surface area contributed by atoms with Crippen LogP contribution in [0.4, 0.5) is 5.69 Å². The van der Waals surface area contributed by atoms with Gasteiger partial charge in [-0.15, -0.1) is 10.2 Å². The van der Waals surface area contributed by atoms with Crippen LogP contribution in [0.5, 0.6) is 0 Å². The summed E-state index contributed by atoms with van der Waals surface area (Å²) in [4.78, 5) is 14.5. The first-order valence-electron chi connectivity index (χ1n) is 9.07. The Labute approximate surface area is 174 Å². The first kappa shape index (κ1) is 20.5. The Hall–Kier alpha value is -2.28. The van der Waals surface area contributed by atoms with Gasteiger partial charge in [0.1, 0.15) is 5.01 Å². The van der Waals surface area contributed by atoms with Gasteiger partial charge in [-0.1, -0.05) is 61.1 Å². The molecule has 0 atom stereocenters. The fourth-order valence-electron chi connectivity index (χ4n) is 2.73. The molecule has 2 aromatic carbocycles. The third-order valence-electron chi connectivity index (χ3n) is 4.27. The lowest BCUT2D eigenvalue weighted by atomic mass is 10.0. The molecule has 3 aromatic rings. The maximum atomic E-state index is 12.3. The number of halogens is 1. The van der Waals surface area contributed by atoms with Gasteiger partial charge in [0.25, 0.3) is 5.91 Å². The third kappa shape index (κ3) is 5.61. The highest BCUT2D eigenvalue weighted by Crippen LogP contribution is 2.18. The second-order valence-corrected chi connectivity index (χ2v) is 8.53. The summed E-state index contributed by atoms with van der Waals surface area (Å²) in [5, 5.41) is 12.8. The molecule has 1 heterocycles. The Morgan fingerprint density at radius 3 is 2.39 bits per heavy atom. The molecule has 0 spiro atoms. The zero-order valence-electron chi connectivity index (χ0n) is 16.1. The number of rotatable bonds is 7. The number of nitrogens with one attached hydrogen (secondary N) is 1. The molecule has 0 unspecified atom stereocenters. The van der Waals surface area contributed by atoms with Gasteiger partial charge in [0.2, 0.25) is 5.01 Å². The molecule has 0 saturated heterocycles. The number of nitrogens with zero attached hydrogens (tertiary/aromatic N) is 3. The molecule has 5 nitrogen and oxygen atoms in total. The highest BCUT2D eigenvalue weighted by molar-refractivity contribution is 7.13. The van der Waals surface area contributed by atoms with E-state index in [0.717, 1.165) is 11.6 Å². The molecule has 0 bridgehead atoms. The lowest BCUT2D eigenvalue weighted by Crippen LogP contribution is -2.17. The molecule has 1 N–H and O–H groups in total. The predicted molar refractivity (Wildman–Crippen MR) is 115 cm³/mol. The van der Waals surface area contributed by atoms with E-state index in [-0.39, 0.29) is 5.91 Å². The first-order valence-corrected chi connectivity index (χ1v) is 10.3. The Bertz CT molecular complexity index is 922. The number of carbonyl (C=O) groups is 1. The van der Waals surface area contributed by atoms with Crippen LogP contribution in [-0.2, 0) is 13.1 Å². The molecule has 0 saturated carbocycles. The number of aromatic nitrogens is 2. The van der Waals surface area contributed by atoms with Crippen LogP contribution in [0.1, 0.15) is 45.7 Å². The average molecular weight is 415 g/mol. The third-order valence-corrected chi connectivity index (χ3v) is 5.43. The lowest BCUT2D eigenvalue weighted by Gasteiger charge is -2.15. The number of hydrogen-bond donors (Lipinski definition) is 1.